The molecule has 1 heterocycles. The summed E-state index contributed by atoms with van der Waals surface area (Å²) in [7, 11) is -3.63. The molecule has 0 spiro atoms. The molecule has 7 heteroatoms. The highest BCUT2D eigenvalue weighted by Crippen LogP contribution is 2.21. The number of hydrogen-bond acceptors (Lipinski definition) is 4. The van der Waals surface area contributed by atoms with Crippen LogP contribution in [0.3, 0.4) is 0 Å². The van der Waals surface area contributed by atoms with E-state index in [2.05, 4.69) is 5.32 Å². The molecule has 1 amide bonds. The third-order valence-corrected chi connectivity index (χ3v) is 6.01. The molecule has 1 aliphatic heterocycles. The normalized spacial score (nSPS) is 20.9. The Morgan fingerprint density at radius 3 is 2.87 bits per heavy atom. The summed E-state index contributed by atoms with van der Waals surface area (Å²) in [5, 5.41) is 2.85. The number of ether oxygens (including phenoxy) is 1. The Bertz CT molecular complexity index is 660. The van der Waals surface area contributed by atoms with Crippen molar-refractivity contribution in [3.05, 3.63) is 29.8 Å². The molecule has 0 bridgehead atoms. The van der Waals surface area contributed by atoms with Crippen molar-refractivity contribution in [2.24, 2.45) is 0 Å². The second-order valence-corrected chi connectivity index (χ2v) is 7.74. The van der Waals surface area contributed by atoms with E-state index in [1.807, 2.05) is 20.8 Å². The highest BCUT2D eigenvalue weighted by Gasteiger charge is 2.31. The van der Waals surface area contributed by atoms with Gasteiger partial charge in [0.25, 0.3) is 5.91 Å². The van der Waals surface area contributed by atoms with E-state index in [1.54, 1.807) is 12.1 Å². The van der Waals surface area contributed by atoms with E-state index >= 15 is 0 Å². The Kier molecular flexibility index (Phi) is 5.78. The van der Waals surface area contributed by atoms with Gasteiger partial charge in [0, 0.05) is 24.2 Å². The Labute approximate surface area is 137 Å². The zero-order valence-electron chi connectivity index (χ0n) is 13.8. The smallest absolute Gasteiger partial charge is 0.251 e. The average molecular weight is 340 g/mol. The van der Waals surface area contributed by atoms with Crippen molar-refractivity contribution in [3.63, 3.8) is 0 Å². The van der Waals surface area contributed by atoms with Gasteiger partial charge in [-0.25, -0.2) is 8.42 Å². The highest BCUT2D eigenvalue weighted by atomic mass is 32.2. The van der Waals surface area contributed by atoms with Gasteiger partial charge in [0.2, 0.25) is 10.0 Å². The van der Waals surface area contributed by atoms with Crippen LogP contribution in [0.25, 0.3) is 0 Å². The van der Waals surface area contributed by atoms with Gasteiger partial charge in [-0.05, 0) is 38.5 Å². The average Bonchev–Trinajstić information content (AvgIpc) is 2.55. The summed E-state index contributed by atoms with van der Waals surface area (Å²) in [5.41, 5.74) is 0.354. The van der Waals surface area contributed by atoms with Gasteiger partial charge in [-0.15, -0.1) is 0 Å². The standard InChI is InChI=1S/C16H24N2O4S/c1-4-12(2)17-16(19)14-6-5-7-15(10-14)23(20,21)18-8-9-22-11-13(18)3/h5-7,10,12-13H,4,8-9,11H2,1-3H3,(H,17,19). The van der Waals surface area contributed by atoms with E-state index in [0.717, 1.165) is 6.42 Å². The number of morpholine rings is 1. The van der Waals surface area contributed by atoms with Crippen LogP contribution in [0.4, 0.5) is 0 Å². The lowest BCUT2D eigenvalue weighted by atomic mass is 10.2. The first-order valence-corrected chi connectivity index (χ1v) is 9.30. The van der Waals surface area contributed by atoms with Crippen LogP contribution in [0.1, 0.15) is 37.6 Å². The quantitative estimate of drug-likeness (QED) is 0.884. The first-order chi connectivity index (χ1) is 10.9. The van der Waals surface area contributed by atoms with Crippen LogP contribution in [0.15, 0.2) is 29.2 Å². The Morgan fingerprint density at radius 1 is 1.48 bits per heavy atom. The largest absolute Gasteiger partial charge is 0.378 e. The maximum Gasteiger partial charge on any atom is 0.251 e. The van der Waals surface area contributed by atoms with Crippen LogP contribution < -0.4 is 5.32 Å². The third-order valence-electron chi connectivity index (χ3n) is 4.00. The summed E-state index contributed by atoms with van der Waals surface area (Å²) in [5.74, 6) is -0.258. The third kappa shape index (κ3) is 4.10. The van der Waals surface area contributed by atoms with Gasteiger partial charge >= 0.3 is 0 Å². The molecular formula is C16H24N2O4S. The minimum absolute atomic E-state index is 0.0435. The zero-order valence-corrected chi connectivity index (χ0v) is 14.6. The Morgan fingerprint density at radius 2 is 2.22 bits per heavy atom. The van der Waals surface area contributed by atoms with Gasteiger partial charge in [0.1, 0.15) is 0 Å². The van der Waals surface area contributed by atoms with Crippen molar-refractivity contribution in [1.82, 2.24) is 9.62 Å². The van der Waals surface area contributed by atoms with Gasteiger partial charge in [-0.1, -0.05) is 13.0 Å². The highest BCUT2D eigenvalue weighted by molar-refractivity contribution is 7.89. The molecule has 2 rings (SSSR count). The number of sulfonamides is 1. The predicted octanol–water partition coefficient (Wildman–Crippen LogP) is 1.62. The molecule has 0 radical (unpaired) electrons. The molecule has 0 aliphatic carbocycles. The number of carbonyl (C=O) groups is 1. The van der Waals surface area contributed by atoms with E-state index in [9.17, 15) is 13.2 Å². The number of amides is 1. The van der Waals surface area contributed by atoms with Gasteiger partial charge in [-0.3, -0.25) is 4.79 Å². The number of benzene rings is 1. The van der Waals surface area contributed by atoms with Crippen molar-refractivity contribution in [2.75, 3.05) is 19.8 Å². The van der Waals surface area contributed by atoms with Gasteiger partial charge in [0.15, 0.2) is 0 Å². The van der Waals surface area contributed by atoms with Crippen LogP contribution >= 0.6 is 0 Å². The lowest BCUT2D eigenvalue weighted by Crippen LogP contribution is -2.47. The number of carbonyl (C=O) groups excluding carboxylic acids is 1. The van der Waals surface area contributed by atoms with Crippen molar-refractivity contribution in [2.45, 2.75) is 44.2 Å². The topological polar surface area (TPSA) is 75.7 Å². The molecule has 2 atom stereocenters. The van der Waals surface area contributed by atoms with E-state index in [-0.39, 0.29) is 22.9 Å². The second kappa shape index (κ2) is 7.42. The lowest BCUT2D eigenvalue weighted by molar-refractivity contribution is 0.0392. The van der Waals surface area contributed by atoms with Gasteiger partial charge in [0.05, 0.1) is 18.1 Å². The molecule has 0 saturated carbocycles. The number of nitrogens with one attached hydrogen (secondary N) is 1. The van der Waals surface area contributed by atoms with Crippen LogP contribution in [0.2, 0.25) is 0 Å². The molecule has 1 aliphatic rings. The minimum Gasteiger partial charge on any atom is -0.378 e. The van der Waals surface area contributed by atoms with Crippen molar-refractivity contribution < 1.29 is 17.9 Å². The van der Waals surface area contributed by atoms with E-state index in [4.69, 9.17) is 4.74 Å². The monoisotopic (exact) mass is 340 g/mol. The first-order valence-electron chi connectivity index (χ1n) is 7.86. The zero-order chi connectivity index (χ0) is 17.0. The first kappa shape index (κ1) is 17.9. The molecule has 2 unspecified atom stereocenters. The number of nitrogens with zero attached hydrogens (tertiary/aromatic N) is 1. The molecule has 1 N–H and O–H groups in total. The molecule has 1 aromatic rings. The Balaban J connectivity index is 2.26. The van der Waals surface area contributed by atoms with Crippen LogP contribution in [0, 0.1) is 0 Å². The van der Waals surface area contributed by atoms with Gasteiger partial charge < -0.3 is 10.1 Å². The van der Waals surface area contributed by atoms with E-state index in [0.29, 0.717) is 25.3 Å². The summed E-state index contributed by atoms with van der Waals surface area (Å²) < 4.78 is 32.3. The molecule has 1 saturated heterocycles. The molecular weight excluding hydrogens is 316 g/mol. The summed E-state index contributed by atoms with van der Waals surface area (Å²) >= 11 is 0. The summed E-state index contributed by atoms with van der Waals surface area (Å²) in [4.78, 5) is 12.3. The van der Waals surface area contributed by atoms with Crippen LogP contribution in [0.5, 0.6) is 0 Å². The number of hydrogen-bond donors (Lipinski definition) is 1. The minimum atomic E-state index is -3.63. The molecule has 23 heavy (non-hydrogen) atoms. The molecule has 6 nitrogen and oxygen atoms in total. The predicted molar refractivity (Wildman–Crippen MR) is 87.8 cm³/mol. The maximum absolute atomic E-state index is 12.8. The van der Waals surface area contributed by atoms with Gasteiger partial charge in [-0.2, -0.15) is 4.31 Å². The fraction of sp³-hybridized carbons (Fsp3) is 0.562. The fourth-order valence-electron chi connectivity index (χ4n) is 2.41. The summed E-state index contributed by atoms with van der Waals surface area (Å²) in [6, 6.07) is 6.02. The lowest BCUT2D eigenvalue weighted by Gasteiger charge is -2.32. The maximum atomic E-state index is 12.8. The molecule has 1 aromatic carbocycles. The van der Waals surface area contributed by atoms with Crippen LogP contribution in [-0.4, -0.2) is 50.5 Å². The van der Waals surface area contributed by atoms with E-state index in [1.165, 1.54) is 16.4 Å². The van der Waals surface area contributed by atoms with E-state index < -0.39 is 10.0 Å². The van der Waals surface area contributed by atoms with Crippen molar-refractivity contribution in [1.29, 1.82) is 0 Å². The van der Waals surface area contributed by atoms with Crippen LogP contribution in [-0.2, 0) is 14.8 Å². The Hall–Kier alpha value is -1.44. The molecule has 128 valence electrons. The summed E-state index contributed by atoms with van der Waals surface area (Å²) in [6.07, 6.45) is 0.815. The molecule has 1 fully saturated rings. The second-order valence-electron chi connectivity index (χ2n) is 5.85. The van der Waals surface area contributed by atoms with Crippen molar-refractivity contribution >= 4 is 15.9 Å². The fourth-order valence-corrected chi connectivity index (χ4v) is 4.06. The summed E-state index contributed by atoms with van der Waals surface area (Å²) in [6.45, 7) is 6.80. The van der Waals surface area contributed by atoms with Crippen molar-refractivity contribution in [3.8, 4) is 0 Å². The molecule has 0 aromatic heterocycles. The number of rotatable bonds is 5. The SMILES string of the molecule is CCC(C)NC(=O)c1cccc(S(=O)(=O)N2CCOCC2C)c1.